The molecular formula is C15H19NO2. The van der Waals surface area contributed by atoms with Crippen molar-refractivity contribution in [2.75, 3.05) is 11.9 Å². The van der Waals surface area contributed by atoms with Crippen LogP contribution in [-0.4, -0.2) is 24.2 Å². The van der Waals surface area contributed by atoms with Crippen molar-refractivity contribution < 1.29 is 9.90 Å². The summed E-state index contributed by atoms with van der Waals surface area (Å²) >= 11 is 0. The molecule has 3 unspecified atom stereocenters. The van der Waals surface area contributed by atoms with Gasteiger partial charge >= 0.3 is 5.97 Å². The van der Waals surface area contributed by atoms with Gasteiger partial charge in [-0.2, -0.15) is 0 Å². The molecule has 0 aromatic heterocycles. The van der Waals surface area contributed by atoms with E-state index in [4.69, 9.17) is 0 Å². The maximum atomic E-state index is 11.7. The van der Waals surface area contributed by atoms with Gasteiger partial charge in [0.05, 0.1) is 5.92 Å². The predicted molar refractivity (Wildman–Crippen MR) is 71.1 cm³/mol. The van der Waals surface area contributed by atoms with Crippen LogP contribution in [0, 0.1) is 12.8 Å². The van der Waals surface area contributed by atoms with Crippen LogP contribution in [0.4, 0.5) is 5.69 Å². The number of para-hydroxylation sites is 1. The Morgan fingerprint density at radius 2 is 2.17 bits per heavy atom. The number of rotatable bonds is 1. The van der Waals surface area contributed by atoms with Crippen LogP contribution in [0.1, 0.15) is 36.3 Å². The van der Waals surface area contributed by atoms with Gasteiger partial charge < -0.3 is 10.0 Å². The number of benzene rings is 1. The van der Waals surface area contributed by atoms with Gasteiger partial charge in [-0.15, -0.1) is 0 Å². The van der Waals surface area contributed by atoms with Gasteiger partial charge in [0, 0.05) is 18.8 Å². The molecule has 0 amide bonds. The van der Waals surface area contributed by atoms with Gasteiger partial charge in [0.1, 0.15) is 0 Å². The molecule has 1 saturated carbocycles. The largest absolute Gasteiger partial charge is 0.481 e. The monoisotopic (exact) mass is 245 g/mol. The highest BCUT2D eigenvalue weighted by molar-refractivity contribution is 5.82. The maximum Gasteiger partial charge on any atom is 0.311 e. The fourth-order valence-corrected chi connectivity index (χ4v) is 3.97. The Morgan fingerprint density at radius 1 is 1.39 bits per heavy atom. The average molecular weight is 245 g/mol. The first-order valence-corrected chi connectivity index (χ1v) is 6.66. The summed E-state index contributed by atoms with van der Waals surface area (Å²) in [5.74, 6) is -0.697. The van der Waals surface area contributed by atoms with E-state index in [1.165, 1.54) is 5.56 Å². The van der Waals surface area contributed by atoms with Gasteiger partial charge in [-0.3, -0.25) is 4.79 Å². The number of aliphatic carboxylic acids is 1. The molecule has 0 bridgehead atoms. The lowest BCUT2D eigenvalue weighted by Crippen LogP contribution is -2.44. The molecule has 1 aromatic rings. The van der Waals surface area contributed by atoms with Crippen LogP contribution in [0.25, 0.3) is 0 Å². The fraction of sp³-hybridized carbons (Fsp3) is 0.533. The van der Waals surface area contributed by atoms with Crippen LogP contribution >= 0.6 is 0 Å². The van der Waals surface area contributed by atoms with E-state index in [1.54, 1.807) is 0 Å². The number of hydrogen-bond donors (Lipinski definition) is 1. The number of nitrogens with zero attached hydrogens (tertiary/aromatic N) is 1. The van der Waals surface area contributed by atoms with Crippen LogP contribution in [0.2, 0.25) is 0 Å². The number of carboxylic acids is 1. The Hall–Kier alpha value is -1.51. The molecule has 1 aliphatic carbocycles. The third-order valence-corrected chi connectivity index (χ3v) is 4.68. The SMILES string of the molecule is Cc1cccc2c1N(C)C1CCCC1C2C(=O)O. The van der Waals surface area contributed by atoms with Crippen LogP contribution in [0.3, 0.4) is 0 Å². The highest BCUT2D eigenvalue weighted by atomic mass is 16.4. The van der Waals surface area contributed by atoms with E-state index in [9.17, 15) is 9.90 Å². The zero-order chi connectivity index (χ0) is 12.9. The molecule has 96 valence electrons. The maximum absolute atomic E-state index is 11.7. The van der Waals surface area contributed by atoms with Crippen molar-refractivity contribution in [3.63, 3.8) is 0 Å². The van der Waals surface area contributed by atoms with Gasteiger partial charge in [-0.1, -0.05) is 24.6 Å². The zero-order valence-electron chi connectivity index (χ0n) is 10.9. The van der Waals surface area contributed by atoms with Crippen LogP contribution in [0.5, 0.6) is 0 Å². The number of aryl methyl sites for hydroxylation is 1. The van der Waals surface area contributed by atoms with E-state index in [1.807, 2.05) is 12.1 Å². The average Bonchev–Trinajstić information content (AvgIpc) is 2.77. The van der Waals surface area contributed by atoms with E-state index >= 15 is 0 Å². The van der Waals surface area contributed by atoms with E-state index in [0.29, 0.717) is 6.04 Å². The fourth-order valence-electron chi connectivity index (χ4n) is 3.97. The van der Waals surface area contributed by atoms with Gasteiger partial charge in [0.15, 0.2) is 0 Å². The predicted octanol–water partition coefficient (Wildman–Crippen LogP) is 2.78. The van der Waals surface area contributed by atoms with Crippen LogP contribution in [0.15, 0.2) is 18.2 Å². The first-order valence-electron chi connectivity index (χ1n) is 6.66. The molecule has 1 aromatic carbocycles. The number of anilines is 1. The molecule has 3 rings (SSSR count). The molecule has 0 spiro atoms. The molecule has 3 nitrogen and oxygen atoms in total. The quantitative estimate of drug-likeness (QED) is 0.827. The Morgan fingerprint density at radius 3 is 2.89 bits per heavy atom. The smallest absolute Gasteiger partial charge is 0.311 e. The minimum atomic E-state index is -0.660. The number of hydrogen-bond acceptors (Lipinski definition) is 2. The standard InChI is InChI=1S/C15H19NO2/c1-9-5-3-7-11-13(15(17)18)10-6-4-8-12(10)16(2)14(9)11/h3,5,7,10,12-13H,4,6,8H2,1-2H3,(H,17,18). The summed E-state index contributed by atoms with van der Waals surface area (Å²) < 4.78 is 0. The highest BCUT2D eigenvalue weighted by Gasteiger charge is 2.45. The van der Waals surface area contributed by atoms with Crippen molar-refractivity contribution in [1.29, 1.82) is 0 Å². The van der Waals surface area contributed by atoms with E-state index in [0.717, 1.165) is 30.5 Å². The van der Waals surface area contributed by atoms with Crippen molar-refractivity contribution >= 4 is 11.7 Å². The lowest BCUT2D eigenvalue weighted by Gasteiger charge is -2.42. The number of carbonyl (C=O) groups is 1. The Kier molecular flexibility index (Phi) is 2.58. The summed E-state index contributed by atoms with van der Waals surface area (Å²) in [6.45, 7) is 2.07. The molecule has 2 aliphatic rings. The molecule has 1 heterocycles. The molecular weight excluding hydrogens is 226 g/mol. The molecule has 3 heteroatoms. The van der Waals surface area contributed by atoms with E-state index < -0.39 is 5.97 Å². The zero-order valence-corrected chi connectivity index (χ0v) is 10.9. The van der Waals surface area contributed by atoms with Crippen LogP contribution < -0.4 is 4.90 Å². The molecule has 1 N–H and O–H groups in total. The lowest BCUT2D eigenvalue weighted by atomic mass is 9.77. The first kappa shape index (κ1) is 11.6. The third kappa shape index (κ3) is 1.46. The summed E-state index contributed by atoms with van der Waals surface area (Å²) in [6.07, 6.45) is 3.31. The summed E-state index contributed by atoms with van der Waals surface area (Å²) in [4.78, 5) is 14.0. The Labute approximate surface area is 107 Å². The summed E-state index contributed by atoms with van der Waals surface area (Å²) in [7, 11) is 2.12. The summed E-state index contributed by atoms with van der Waals surface area (Å²) in [5.41, 5.74) is 3.34. The molecule has 1 fully saturated rings. The normalized spacial score (nSPS) is 29.9. The van der Waals surface area contributed by atoms with Crippen molar-refractivity contribution in [2.24, 2.45) is 5.92 Å². The molecule has 18 heavy (non-hydrogen) atoms. The molecule has 0 saturated heterocycles. The minimum absolute atomic E-state index is 0.279. The van der Waals surface area contributed by atoms with Gasteiger partial charge in [0.25, 0.3) is 0 Å². The Bertz CT molecular complexity index is 497. The lowest BCUT2D eigenvalue weighted by molar-refractivity contribution is -0.140. The van der Waals surface area contributed by atoms with Crippen molar-refractivity contribution in [3.05, 3.63) is 29.3 Å². The number of fused-ring (bicyclic) bond motifs is 2. The summed E-state index contributed by atoms with van der Waals surface area (Å²) in [5, 5.41) is 9.59. The van der Waals surface area contributed by atoms with E-state index in [2.05, 4.69) is 24.9 Å². The molecule has 0 radical (unpaired) electrons. The summed E-state index contributed by atoms with van der Waals surface area (Å²) in [6, 6.07) is 6.45. The van der Waals surface area contributed by atoms with Crippen molar-refractivity contribution in [1.82, 2.24) is 0 Å². The Balaban J connectivity index is 2.19. The second-order valence-electron chi connectivity index (χ2n) is 5.60. The van der Waals surface area contributed by atoms with Gasteiger partial charge in [-0.05, 0) is 36.8 Å². The topological polar surface area (TPSA) is 40.5 Å². The van der Waals surface area contributed by atoms with Crippen molar-refractivity contribution in [2.45, 2.75) is 38.1 Å². The third-order valence-electron chi connectivity index (χ3n) is 4.68. The van der Waals surface area contributed by atoms with Gasteiger partial charge in [-0.25, -0.2) is 0 Å². The highest BCUT2D eigenvalue weighted by Crippen LogP contribution is 2.49. The van der Waals surface area contributed by atoms with E-state index in [-0.39, 0.29) is 11.8 Å². The van der Waals surface area contributed by atoms with Gasteiger partial charge in [0.2, 0.25) is 0 Å². The second kappa shape index (κ2) is 4.01. The second-order valence-corrected chi connectivity index (χ2v) is 5.60. The first-order chi connectivity index (χ1) is 8.61. The van der Waals surface area contributed by atoms with Crippen LogP contribution in [-0.2, 0) is 4.79 Å². The molecule has 1 aliphatic heterocycles. The van der Waals surface area contributed by atoms with Crippen molar-refractivity contribution in [3.8, 4) is 0 Å². The minimum Gasteiger partial charge on any atom is -0.481 e. The number of carboxylic acid groups (broad SMARTS) is 1. The molecule has 3 atom stereocenters.